The van der Waals surface area contributed by atoms with E-state index in [4.69, 9.17) is 27.0 Å². The van der Waals surface area contributed by atoms with E-state index in [9.17, 15) is 8.42 Å². The predicted octanol–water partition coefficient (Wildman–Crippen LogP) is 3.45. The topological polar surface area (TPSA) is 56.3 Å². The fourth-order valence-corrected chi connectivity index (χ4v) is 2.12. The third-order valence-electron chi connectivity index (χ3n) is 1.97. The zero-order chi connectivity index (χ0) is 13.2. The van der Waals surface area contributed by atoms with Gasteiger partial charge in [0.25, 0.3) is 9.05 Å². The number of aromatic nitrogens is 1. The first-order valence-corrected chi connectivity index (χ1v) is 7.49. The molecule has 0 N–H and O–H groups in total. The van der Waals surface area contributed by atoms with Crippen molar-refractivity contribution >= 4 is 31.3 Å². The molecule has 2 aromatic rings. The van der Waals surface area contributed by atoms with E-state index in [1.807, 2.05) is 0 Å². The summed E-state index contributed by atoms with van der Waals surface area (Å²) >= 11 is 5.80. The van der Waals surface area contributed by atoms with Gasteiger partial charge in [-0.2, -0.15) is 0 Å². The first-order chi connectivity index (χ1) is 8.45. The Labute approximate surface area is 114 Å². The van der Waals surface area contributed by atoms with E-state index in [-0.39, 0.29) is 10.9 Å². The van der Waals surface area contributed by atoms with Gasteiger partial charge in [0.05, 0.1) is 0 Å². The highest BCUT2D eigenvalue weighted by molar-refractivity contribution is 8.13. The van der Waals surface area contributed by atoms with Gasteiger partial charge < -0.3 is 4.74 Å². The Kier molecular flexibility index (Phi) is 3.75. The monoisotopic (exact) mass is 303 g/mol. The van der Waals surface area contributed by atoms with Gasteiger partial charge in [0, 0.05) is 21.8 Å². The SMILES string of the molecule is O=S(=O)(Cl)c1cccc(Oc2cccc(Cl)c2)n1. The minimum Gasteiger partial charge on any atom is -0.439 e. The van der Waals surface area contributed by atoms with Crippen LogP contribution in [0, 0.1) is 0 Å². The maximum Gasteiger partial charge on any atom is 0.278 e. The van der Waals surface area contributed by atoms with Gasteiger partial charge >= 0.3 is 0 Å². The Hall–Kier alpha value is -1.30. The number of rotatable bonds is 3. The van der Waals surface area contributed by atoms with Crippen LogP contribution in [-0.4, -0.2) is 13.4 Å². The summed E-state index contributed by atoms with van der Waals surface area (Å²) in [5, 5.41) is 0.248. The van der Waals surface area contributed by atoms with Crippen LogP contribution < -0.4 is 4.74 Å². The van der Waals surface area contributed by atoms with E-state index in [2.05, 4.69) is 4.98 Å². The third-order valence-corrected chi connectivity index (χ3v) is 3.40. The molecule has 0 aliphatic heterocycles. The quantitative estimate of drug-likeness (QED) is 0.815. The summed E-state index contributed by atoms with van der Waals surface area (Å²) in [5.74, 6) is 0.582. The molecule has 0 bridgehead atoms. The molecule has 0 unspecified atom stereocenters. The standard InChI is InChI=1S/C11H7Cl2NO3S/c12-8-3-1-4-9(7-8)17-10-5-2-6-11(14-10)18(13,15)16/h1-7H. The molecule has 0 amide bonds. The lowest BCUT2D eigenvalue weighted by molar-refractivity contribution is 0.457. The number of ether oxygens (including phenoxy) is 1. The average Bonchev–Trinajstić information content (AvgIpc) is 2.28. The maximum absolute atomic E-state index is 11.1. The van der Waals surface area contributed by atoms with Crippen molar-refractivity contribution < 1.29 is 13.2 Å². The smallest absolute Gasteiger partial charge is 0.278 e. The molecular formula is C11H7Cl2NO3S. The number of benzene rings is 1. The Morgan fingerprint density at radius 3 is 2.50 bits per heavy atom. The van der Waals surface area contributed by atoms with Crippen LogP contribution in [0.2, 0.25) is 5.02 Å². The molecule has 7 heteroatoms. The summed E-state index contributed by atoms with van der Waals surface area (Å²) in [7, 11) is 1.32. The van der Waals surface area contributed by atoms with Crippen molar-refractivity contribution in [3.05, 3.63) is 47.5 Å². The molecule has 0 aliphatic rings. The first kappa shape index (κ1) is 13.1. The van der Waals surface area contributed by atoms with E-state index >= 15 is 0 Å². The molecule has 0 atom stereocenters. The number of pyridine rings is 1. The van der Waals surface area contributed by atoms with Crippen molar-refractivity contribution in [3.63, 3.8) is 0 Å². The van der Waals surface area contributed by atoms with Crippen molar-refractivity contribution in [1.82, 2.24) is 4.98 Å². The molecule has 18 heavy (non-hydrogen) atoms. The van der Waals surface area contributed by atoms with E-state index in [0.29, 0.717) is 10.8 Å². The second-order valence-corrected chi connectivity index (χ2v) is 6.26. The van der Waals surface area contributed by atoms with E-state index in [0.717, 1.165) is 0 Å². The van der Waals surface area contributed by atoms with Crippen LogP contribution in [-0.2, 0) is 9.05 Å². The lowest BCUT2D eigenvalue weighted by Crippen LogP contribution is -1.96. The molecule has 1 aromatic carbocycles. The lowest BCUT2D eigenvalue weighted by atomic mass is 10.3. The van der Waals surface area contributed by atoms with Crippen molar-refractivity contribution in [2.45, 2.75) is 5.03 Å². The maximum atomic E-state index is 11.1. The minimum absolute atomic E-state index is 0.124. The van der Waals surface area contributed by atoms with E-state index in [1.54, 1.807) is 24.3 Å². The number of nitrogens with zero attached hydrogens (tertiary/aromatic N) is 1. The lowest BCUT2D eigenvalue weighted by Gasteiger charge is -2.05. The molecule has 1 aromatic heterocycles. The highest BCUT2D eigenvalue weighted by Crippen LogP contribution is 2.24. The normalized spacial score (nSPS) is 11.2. The van der Waals surface area contributed by atoms with Gasteiger partial charge in [-0.25, -0.2) is 13.4 Å². The molecule has 1 heterocycles. The molecule has 0 fully saturated rings. The van der Waals surface area contributed by atoms with Gasteiger partial charge in [-0.1, -0.05) is 23.7 Å². The molecule has 2 rings (SSSR count). The fourth-order valence-electron chi connectivity index (χ4n) is 1.24. The molecule has 0 saturated heterocycles. The van der Waals surface area contributed by atoms with Crippen molar-refractivity contribution in [2.75, 3.05) is 0 Å². The Morgan fingerprint density at radius 2 is 1.83 bits per heavy atom. The fraction of sp³-hybridized carbons (Fsp3) is 0. The van der Waals surface area contributed by atoms with Gasteiger partial charge in [0.15, 0.2) is 5.03 Å². The zero-order valence-corrected chi connectivity index (χ0v) is 11.2. The van der Waals surface area contributed by atoms with Crippen LogP contribution in [0.1, 0.15) is 0 Å². The third kappa shape index (κ3) is 3.35. The molecular weight excluding hydrogens is 297 g/mol. The summed E-state index contributed by atoms with van der Waals surface area (Å²) in [6.07, 6.45) is 0. The summed E-state index contributed by atoms with van der Waals surface area (Å²) in [5.41, 5.74) is 0. The summed E-state index contributed by atoms with van der Waals surface area (Å²) in [4.78, 5) is 3.78. The van der Waals surface area contributed by atoms with Crippen molar-refractivity contribution in [3.8, 4) is 11.6 Å². The largest absolute Gasteiger partial charge is 0.439 e. The van der Waals surface area contributed by atoms with Crippen molar-refractivity contribution in [2.24, 2.45) is 0 Å². The van der Waals surface area contributed by atoms with Crippen LogP contribution in [0.15, 0.2) is 47.5 Å². The van der Waals surface area contributed by atoms with Gasteiger partial charge in [-0.3, -0.25) is 0 Å². The van der Waals surface area contributed by atoms with Crippen LogP contribution >= 0.6 is 22.3 Å². The Balaban J connectivity index is 2.30. The number of hydrogen-bond acceptors (Lipinski definition) is 4. The van der Waals surface area contributed by atoms with Gasteiger partial charge in [-0.05, 0) is 24.3 Å². The Morgan fingerprint density at radius 1 is 1.11 bits per heavy atom. The predicted molar refractivity (Wildman–Crippen MR) is 68.8 cm³/mol. The van der Waals surface area contributed by atoms with Crippen molar-refractivity contribution in [1.29, 1.82) is 0 Å². The van der Waals surface area contributed by atoms with Crippen LogP contribution in [0.25, 0.3) is 0 Å². The Bertz CT molecular complexity index is 673. The van der Waals surface area contributed by atoms with Crippen LogP contribution in [0.3, 0.4) is 0 Å². The highest BCUT2D eigenvalue weighted by Gasteiger charge is 2.12. The second-order valence-electron chi connectivity index (χ2n) is 3.31. The molecule has 0 spiro atoms. The molecule has 4 nitrogen and oxygen atoms in total. The van der Waals surface area contributed by atoms with Gasteiger partial charge in [-0.15, -0.1) is 0 Å². The van der Waals surface area contributed by atoms with E-state index in [1.165, 1.54) is 18.2 Å². The summed E-state index contributed by atoms with van der Waals surface area (Å²) in [6, 6.07) is 11.0. The number of halogens is 2. The van der Waals surface area contributed by atoms with Gasteiger partial charge in [0.2, 0.25) is 5.88 Å². The molecule has 0 radical (unpaired) electrons. The van der Waals surface area contributed by atoms with Crippen LogP contribution in [0.4, 0.5) is 0 Å². The second kappa shape index (κ2) is 5.14. The number of hydrogen-bond donors (Lipinski definition) is 0. The average molecular weight is 304 g/mol. The summed E-state index contributed by atoms with van der Waals surface area (Å²) < 4.78 is 27.6. The first-order valence-electron chi connectivity index (χ1n) is 4.80. The molecule has 94 valence electrons. The molecule has 0 saturated carbocycles. The van der Waals surface area contributed by atoms with E-state index < -0.39 is 9.05 Å². The molecule has 0 aliphatic carbocycles. The highest BCUT2D eigenvalue weighted by atomic mass is 35.7. The minimum atomic E-state index is -3.87. The summed E-state index contributed by atoms with van der Waals surface area (Å²) in [6.45, 7) is 0. The van der Waals surface area contributed by atoms with Gasteiger partial charge in [0.1, 0.15) is 5.75 Å². The zero-order valence-electron chi connectivity index (χ0n) is 8.88. The van der Waals surface area contributed by atoms with Crippen LogP contribution in [0.5, 0.6) is 11.6 Å².